The second kappa shape index (κ2) is 7.74. The zero-order valence-corrected chi connectivity index (χ0v) is 18.3. The third-order valence-corrected chi connectivity index (χ3v) is 4.90. The Balaban J connectivity index is 0.00000205. The predicted octanol–water partition coefficient (Wildman–Crippen LogP) is 5.16. The fourth-order valence-electron chi connectivity index (χ4n) is 3.70. The first-order chi connectivity index (χ1) is 13.7. The molecular weight excluding hydrogens is 540 g/mol. The van der Waals surface area contributed by atoms with Crippen LogP contribution in [0.2, 0.25) is 0 Å². The molecule has 0 spiro atoms. The van der Waals surface area contributed by atoms with E-state index in [2.05, 4.69) is 71.5 Å². The Kier molecular flexibility index (Phi) is 5.14. The molecule has 145 valence electrons. The predicted molar refractivity (Wildman–Crippen MR) is 108 cm³/mol. The second-order valence-corrected chi connectivity index (χ2v) is 6.77. The normalized spacial score (nSPS) is 10.8. The van der Waals surface area contributed by atoms with Gasteiger partial charge in [-0.15, -0.1) is 17.2 Å². The van der Waals surface area contributed by atoms with Crippen molar-refractivity contribution in [2.75, 3.05) is 0 Å². The van der Waals surface area contributed by atoms with E-state index in [1.165, 1.54) is 17.5 Å². The number of hydrogen-bond acceptors (Lipinski definition) is 4. The number of aromatic nitrogens is 4. The van der Waals surface area contributed by atoms with Gasteiger partial charge in [0.2, 0.25) is 0 Å². The first-order valence-corrected chi connectivity index (χ1v) is 9.03. The van der Waals surface area contributed by atoms with Crippen LogP contribution in [0.5, 0.6) is 0 Å². The molecule has 6 heteroatoms. The molecule has 0 aliphatic carbocycles. The van der Waals surface area contributed by atoms with E-state index in [4.69, 9.17) is 4.42 Å². The second-order valence-electron chi connectivity index (χ2n) is 6.77. The Bertz CT molecular complexity index is 1270. The van der Waals surface area contributed by atoms with Gasteiger partial charge in [0.15, 0.2) is 6.39 Å². The standard InChI is InChI=1S/C23H17N4O.Ir/c1-15-11-18(17-7-4-3-5-8-17)12-16(2)22(15)27-13-25-26-23(27)19-9-6-10-20-21(19)24-14-28-20;/h3-8,10-14H,1-2H3;/q-1;. The zero-order valence-electron chi connectivity index (χ0n) is 15.9. The maximum Gasteiger partial charge on any atom is 0.170 e. The fraction of sp³-hybridized carbons (Fsp3) is 0.0870. The molecule has 5 nitrogen and oxygen atoms in total. The average Bonchev–Trinajstić information content (AvgIpc) is 3.37. The Morgan fingerprint density at radius 1 is 0.966 bits per heavy atom. The molecule has 0 aliphatic heterocycles. The van der Waals surface area contributed by atoms with Crippen LogP contribution in [0.1, 0.15) is 11.1 Å². The van der Waals surface area contributed by atoms with E-state index < -0.39 is 0 Å². The van der Waals surface area contributed by atoms with Crippen LogP contribution in [0.3, 0.4) is 0 Å². The van der Waals surface area contributed by atoms with Crippen molar-refractivity contribution in [1.29, 1.82) is 0 Å². The number of oxazole rings is 1. The van der Waals surface area contributed by atoms with Crippen LogP contribution in [0.4, 0.5) is 0 Å². The van der Waals surface area contributed by atoms with E-state index >= 15 is 0 Å². The van der Waals surface area contributed by atoms with E-state index in [1.807, 2.05) is 22.8 Å². The fourth-order valence-corrected chi connectivity index (χ4v) is 3.70. The molecule has 0 unspecified atom stereocenters. The molecule has 0 aliphatic rings. The summed E-state index contributed by atoms with van der Waals surface area (Å²) in [4.78, 5) is 4.33. The minimum absolute atomic E-state index is 0. The summed E-state index contributed by atoms with van der Waals surface area (Å²) in [5, 5.41) is 8.52. The average molecular weight is 558 g/mol. The van der Waals surface area contributed by atoms with E-state index in [9.17, 15) is 0 Å². The largest absolute Gasteiger partial charge is 0.464 e. The van der Waals surface area contributed by atoms with Gasteiger partial charge in [0.25, 0.3) is 0 Å². The van der Waals surface area contributed by atoms with Gasteiger partial charge < -0.3 is 8.98 Å². The van der Waals surface area contributed by atoms with Gasteiger partial charge in [0.1, 0.15) is 6.33 Å². The topological polar surface area (TPSA) is 56.7 Å². The maximum absolute atomic E-state index is 5.43. The van der Waals surface area contributed by atoms with Crippen LogP contribution in [0, 0.1) is 19.9 Å². The Labute approximate surface area is 181 Å². The van der Waals surface area contributed by atoms with Crippen LogP contribution in [-0.2, 0) is 20.1 Å². The minimum Gasteiger partial charge on any atom is -0.464 e. The zero-order chi connectivity index (χ0) is 19.1. The number of nitrogens with zero attached hydrogens (tertiary/aromatic N) is 4. The van der Waals surface area contributed by atoms with Crippen molar-refractivity contribution in [2.24, 2.45) is 0 Å². The van der Waals surface area contributed by atoms with Crippen LogP contribution in [-0.4, -0.2) is 19.7 Å². The van der Waals surface area contributed by atoms with Crippen LogP contribution < -0.4 is 0 Å². The minimum atomic E-state index is 0. The monoisotopic (exact) mass is 558 g/mol. The van der Waals surface area contributed by atoms with Gasteiger partial charge in [-0.3, -0.25) is 4.98 Å². The Morgan fingerprint density at radius 2 is 1.72 bits per heavy atom. The smallest absolute Gasteiger partial charge is 0.170 e. The molecule has 29 heavy (non-hydrogen) atoms. The molecule has 0 amide bonds. The van der Waals surface area contributed by atoms with Gasteiger partial charge in [0.05, 0.1) is 11.4 Å². The molecule has 0 fully saturated rings. The van der Waals surface area contributed by atoms with Crippen LogP contribution >= 0.6 is 0 Å². The number of rotatable bonds is 3. The summed E-state index contributed by atoms with van der Waals surface area (Å²) in [5.41, 5.74) is 7.95. The summed E-state index contributed by atoms with van der Waals surface area (Å²) >= 11 is 0. The summed E-state index contributed by atoms with van der Waals surface area (Å²) in [7, 11) is 0. The van der Waals surface area contributed by atoms with Gasteiger partial charge in [-0.05, 0) is 48.2 Å². The summed E-state index contributed by atoms with van der Waals surface area (Å²) in [6, 6.07) is 21.7. The first kappa shape index (κ1) is 19.2. The van der Waals surface area contributed by atoms with Crippen molar-refractivity contribution in [3.05, 3.63) is 84.5 Å². The summed E-state index contributed by atoms with van der Waals surface area (Å²) in [5.74, 6) is 0.693. The number of benzene rings is 3. The van der Waals surface area contributed by atoms with Gasteiger partial charge in [-0.2, -0.15) is 5.10 Å². The SMILES string of the molecule is Cc1cc(-c2ccccc2)cc(C)c1-n1cnnc1-c1[c-]ccc2ocnc12.[Ir]. The third-order valence-electron chi connectivity index (χ3n) is 4.90. The first-order valence-electron chi connectivity index (χ1n) is 9.03. The molecule has 2 heterocycles. The Morgan fingerprint density at radius 3 is 2.48 bits per heavy atom. The van der Waals surface area contributed by atoms with Gasteiger partial charge in [0, 0.05) is 31.3 Å². The molecule has 0 saturated heterocycles. The van der Waals surface area contributed by atoms with Crippen molar-refractivity contribution in [3.63, 3.8) is 0 Å². The van der Waals surface area contributed by atoms with Gasteiger partial charge in [-0.25, -0.2) is 0 Å². The third kappa shape index (κ3) is 3.31. The molecular formula is C23H17IrN4O-. The van der Waals surface area contributed by atoms with E-state index in [0.717, 1.165) is 27.9 Å². The van der Waals surface area contributed by atoms with E-state index in [1.54, 1.807) is 6.33 Å². The van der Waals surface area contributed by atoms with Gasteiger partial charge >= 0.3 is 0 Å². The molecule has 0 bridgehead atoms. The summed E-state index contributed by atoms with van der Waals surface area (Å²) in [6.45, 7) is 4.22. The quantitative estimate of drug-likeness (QED) is 0.288. The molecule has 0 atom stereocenters. The van der Waals surface area contributed by atoms with Crippen molar-refractivity contribution in [3.8, 4) is 28.2 Å². The molecule has 0 N–H and O–H groups in total. The molecule has 1 radical (unpaired) electrons. The Hall–Kier alpha value is -3.08. The number of fused-ring (bicyclic) bond motifs is 1. The molecule has 5 rings (SSSR count). The van der Waals surface area contributed by atoms with E-state index in [0.29, 0.717) is 11.4 Å². The van der Waals surface area contributed by atoms with Crippen LogP contribution in [0.25, 0.3) is 39.3 Å². The van der Waals surface area contributed by atoms with Crippen molar-refractivity contribution in [1.82, 2.24) is 19.7 Å². The van der Waals surface area contributed by atoms with Crippen molar-refractivity contribution >= 4 is 11.1 Å². The van der Waals surface area contributed by atoms with Crippen molar-refractivity contribution < 1.29 is 24.5 Å². The summed E-state index contributed by atoms with van der Waals surface area (Å²) < 4.78 is 7.43. The van der Waals surface area contributed by atoms with E-state index in [-0.39, 0.29) is 20.1 Å². The molecule has 2 aromatic heterocycles. The van der Waals surface area contributed by atoms with Crippen molar-refractivity contribution in [2.45, 2.75) is 13.8 Å². The molecule has 5 aromatic rings. The molecule has 0 saturated carbocycles. The summed E-state index contributed by atoms with van der Waals surface area (Å²) in [6.07, 6.45) is 3.17. The van der Waals surface area contributed by atoms with Gasteiger partial charge in [-0.1, -0.05) is 42.0 Å². The maximum atomic E-state index is 5.43. The number of aryl methyl sites for hydroxylation is 2. The molecule has 3 aromatic carbocycles. The number of hydrogen-bond donors (Lipinski definition) is 0. The van der Waals surface area contributed by atoms with Crippen LogP contribution in [0.15, 0.2) is 71.7 Å².